The Labute approximate surface area is 154 Å². The molecular formula is C17H30N2O7. The van der Waals surface area contributed by atoms with Crippen molar-refractivity contribution in [3.8, 4) is 0 Å². The predicted octanol–water partition coefficient (Wildman–Crippen LogP) is 0.566. The van der Waals surface area contributed by atoms with Gasteiger partial charge in [0.1, 0.15) is 5.60 Å². The molecule has 1 aliphatic heterocycles. The van der Waals surface area contributed by atoms with E-state index in [4.69, 9.17) is 14.2 Å². The molecular weight excluding hydrogens is 344 g/mol. The fourth-order valence-corrected chi connectivity index (χ4v) is 2.35. The highest BCUT2D eigenvalue weighted by molar-refractivity contribution is 5.86. The number of alkyl carbamates (subject to hydrolysis) is 1. The van der Waals surface area contributed by atoms with Gasteiger partial charge in [0.2, 0.25) is 5.91 Å². The highest BCUT2D eigenvalue weighted by Gasteiger charge is 2.34. The van der Waals surface area contributed by atoms with Crippen LogP contribution in [0.3, 0.4) is 0 Å². The first-order valence-corrected chi connectivity index (χ1v) is 8.71. The van der Waals surface area contributed by atoms with E-state index in [0.717, 1.165) is 0 Å². The minimum Gasteiger partial charge on any atom is -0.469 e. The summed E-state index contributed by atoms with van der Waals surface area (Å²) in [6.45, 7) is 8.06. The summed E-state index contributed by atoms with van der Waals surface area (Å²) in [4.78, 5) is 36.2. The number of nitrogens with one attached hydrogen (secondary N) is 1. The molecule has 1 saturated heterocycles. The van der Waals surface area contributed by atoms with E-state index in [1.165, 1.54) is 7.11 Å². The van der Waals surface area contributed by atoms with Crippen molar-refractivity contribution in [2.75, 3.05) is 53.2 Å². The molecule has 2 amide bonds. The van der Waals surface area contributed by atoms with Crippen LogP contribution in [0.5, 0.6) is 0 Å². The van der Waals surface area contributed by atoms with Crippen molar-refractivity contribution < 1.29 is 33.3 Å². The Balaban J connectivity index is 1.98. The Hall–Kier alpha value is -1.87. The number of ether oxygens (including phenoxy) is 4. The van der Waals surface area contributed by atoms with E-state index in [0.29, 0.717) is 46.1 Å². The molecule has 0 aromatic heterocycles. The summed E-state index contributed by atoms with van der Waals surface area (Å²) in [5.41, 5.74) is -0.521. The highest BCUT2D eigenvalue weighted by atomic mass is 16.6. The van der Waals surface area contributed by atoms with Crippen LogP contribution in [-0.4, -0.2) is 81.6 Å². The maximum absolute atomic E-state index is 11.8. The standard InChI is InChI=1S/C17H30N2O7/c1-17(2,3)26-16(22)18-5-7-24-9-10-25-8-6-19-12-13(11-14(19)20)15(21)23-4/h13H,5-12H2,1-4H3,(H,18,22). The lowest BCUT2D eigenvalue weighted by Gasteiger charge is -2.19. The monoisotopic (exact) mass is 374 g/mol. The highest BCUT2D eigenvalue weighted by Crippen LogP contribution is 2.18. The molecule has 1 aliphatic rings. The second kappa shape index (κ2) is 11.0. The van der Waals surface area contributed by atoms with Gasteiger partial charge in [-0.05, 0) is 20.8 Å². The van der Waals surface area contributed by atoms with Gasteiger partial charge < -0.3 is 29.2 Å². The Bertz CT molecular complexity index is 476. The number of hydrogen-bond donors (Lipinski definition) is 1. The van der Waals surface area contributed by atoms with Gasteiger partial charge in [0.05, 0.1) is 39.5 Å². The first-order valence-electron chi connectivity index (χ1n) is 8.71. The van der Waals surface area contributed by atoms with Crippen LogP contribution in [0.25, 0.3) is 0 Å². The van der Waals surface area contributed by atoms with Crippen LogP contribution in [0.15, 0.2) is 0 Å². The summed E-state index contributed by atoms with van der Waals surface area (Å²) in [5.74, 6) is -0.795. The van der Waals surface area contributed by atoms with Gasteiger partial charge >= 0.3 is 12.1 Å². The number of esters is 1. The molecule has 1 rings (SSSR count). The third kappa shape index (κ3) is 9.00. The molecule has 26 heavy (non-hydrogen) atoms. The fraction of sp³-hybridized carbons (Fsp3) is 0.824. The number of amides is 2. The van der Waals surface area contributed by atoms with Crippen molar-refractivity contribution in [1.29, 1.82) is 0 Å². The Kier molecular flexibility index (Phi) is 9.36. The number of nitrogens with zero attached hydrogens (tertiary/aromatic N) is 1. The normalized spacial score (nSPS) is 17.3. The fourth-order valence-electron chi connectivity index (χ4n) is 2.35. The number of hydrogen-bond acceptors (Lipinski definition) is 7. The first-order chi connectivity index (χ1) is 12.2. The van der Waals surface area contributed by atoms with Gasteiger partial charge in [0, 0.05) is 26.1 Å². The van der Waals surface area contributed by atoms with Crippen molar-refractivity contribution in [2.24, 2.45) is 5.92 Å². The quantitative estimate of drug-likeness (QED) is 0.440. The van der Waals surface area contributed by atoms with Gasteiger partial charge in [-0.3, -0.25) is 9.59 Å². The molecule has 1 fully saturated rings. The second-order valence-corrected chi connectivity index (χ2v) is 6.92. The van der Waals surface area contributed by atoms with Crippen molar-refractivity contribution >= 4 is 18.0 Å². The number of methoxy groups -OCH3 is 1. The summed E-state index contributed by atoms with van der Waals surface area (Å²) in [6.07, 6.45) is -0.279. The lowest BCUT2D eigenvalue weighted by molar-refractivity contribution is -0.145. The average Bonchev–Trinajstić information content (AvgIpc) is 2.92. The largest absolute Gasteiger partial charge is 0.469 e. The first kappa shape index (κ1) is 22.2. The third-order valence-corrected chi connectivity index (χ3v) is 3.54. The molecule has 0 bridgehead atoms. The van der Waals surface area contributed by atoms with E-state index in [9.17, 15) is 14.4 Å². The molecule has 0 radical (unpaired) electrons. The van der Waals surface area contributed by atoms with Crippen LogP contribution in [0.4, 0.5) is 4.79 Å². The number of rotatable bonds is 10. The Morgan fingerprint density at radius 2 is 1.81 bits per heavy atom. The summed E-state index contributed by atoms with van der Waals surface area (Å²) < 4.78 is 20.5. The number of likely N-dealkylation sites (tertiary alicyclic amines) is 1. The lowest BCUT2D eigenvalue weighted by Crippen LogP contribution is -2.34. The summed E-state index contributed by atoms with van der Waals surface area (Å²) in [6, 6.07) is 0. The second-order valence-electron chi connectivity index (χ2n) is 6.92. The smallest absolute Gasteiger partial charge is 0.407 e. The summed E-state index contributed by atoms with van der Waals surface area (Å²) in [5, 5.41) is 2.59. The maximum atomic E-state index is 11.8. The minimum atomic E-state index is -0.521. The van der Waals surface area contributed by atoms with E-state index >= 15 is 0 Å². The molecule has 0 saturated carbocycles. The molecule has 1 heterocycles. The average molecular weight is 374 g/mol. The van der Waals surface area contributed by atoms with Gasteiger partial charge in [-0.15, -0.1) is 0 Å². The van der Waals surface area contributed by atoms with Crippen molar-refractivity contribution in [3.63, 3.8) is 0 Å². The lowest BCUT2D eigenvalue weighted by atomic mass is 10.1. The minimum absolute atomic E-state index is 0.0616. The molecule has 0 aromatic rings. The molecule has 150 valence electrons. The van der Waals surface area contributed by atoms with Gasteiger partial charge in [0.25, 0.3) is 0 Å². The van der Waals surface area contributed by atoms with Crippen LogP contribution < -0.4 is 5.32 Å². The molecule has 0 aromatic carbocycles. The van der Waals surface area contributed by atoms with E-state index in [1.807, 2.05) is 0 Å². The van der Waals surface area contributed by atoms with Gasteiger partial charge in [0.15, 0.2) is 0 Å². The van der Waals surface area contributed by atoms with Crippen LogP contribution in [0.2, 0.25) is 0 Å². The zero-order chi connectivity index (χ0) is 19.6. The molecule has 9 nitrogen and oxygen atoms in total. The number of carbonyl (C=O) groups excluding carboxylic acids is 3. The predicted molar refractivity (Wildman–Crippen MR) is 92.6 cm³/mol. The molecule has 1 unspecified atom stereocenters. The van der Waals surface area contributed by atoms with E-state index in [2.05, 4.69) is 10.1 Å². The van der Waals surface area contributed by atoms with Gasteiger partial charge in [-0.1, -0.05) is 0 Å². The topological polar surface area (TPSA) is 103 Å². The van der Waals surface area contributed by atoms with Crippen LogP contribution in [0.1, 0.15) is 27.2 Å². The van der Waals surface area contributed by atoms with Crippen LogP contribution >= 0.6 is 0 Å². The zero-order valence-electron chi connectivity index (χ0n) is 16.0. The third-order valence-electron chi connectivity index (χ3n) is 3.54. The van der Waals surface area contributed by atoms with E-state index in [1.54, 1.807) is 25.7 Å². The maximum Gasteiger partial charge on any atom is 0.407 e. The molecule has 0 spiro atoms. The number of carbonyl (C=O) groups is 3. The molecule has 1 atom stereocenters. The van der Waals surface area contributed by atoms with Crippen LogP contribution in [0, 0.1) is 5.92 Å². The summed E-state index contributed by atoms with van der Waals surface area (Å²) >= 11 is 0. The van der Waals surface area contributed by atoms with Gasteiger partial charge in [-0.25, -0.2) is 4.79 Å². The molecule has 9 heteroatoms. The Morgan fingerprint density at radius 3 is 2.42 bits per heavy atom. The SMILES string of the molecule is COC(=O)C1CC(=O)N(CCOCCOCCNC(=O)OC(C)(C)C)C1. The van der Waals surface area contributed by atoms with Crippen molar-refractivity contribution in [1.82, 2.24) is 10.2 Å². The van der Waals surface area contributed by atoms with E-state index in [-0.39, 0.29) is 24.2 Å². The zero-order valence-corrected chi connectivity index (χ0v) is 16.0. The van der Waals surface area contributed by atoms with E-state index < -0.39 is 11.7 Å². The van der Waals surface area contributed by atoms with Crippen LogP contribution in [-0.2, 0) is 28.5 Å². The molecule has 0 aliphatic carbocycles. The van der Waals surface area contributed by atoms with Crippen molar-refractivity contribution in [3.05, 3.63) is 0 Å². The molecule has 1 N–H and O–H groups in total. The van der Waals surface area contributed by atoms with Gasteiger partial charge in [-0.2, -0.15) is 0 Å². The summed E-state index contributed by atoms with van der Waals surface area (Å²) in [7, 11) is 1.32. The van der Waals surface area contributed by atoms with Crippen molar-refractivity contribution in [2.45, 2.75) is 32.8 Å². The Morgan fingerprint density at radius 1 is 1.15 bits per heavy atom.